The first-order chi connectivity index (χ1) is 8.15. The van der Waals surface area contributed by atoms with Gasteiger partial charge in [-0.2, -0.15) is 0 Å². The Kier molecular flexibility index (Phi) is 3.66. The molecule has 2 rings (SSSR count). The standard InChI is InChI=1S/C12H19NO4/c1-2-3-6-13-11(14)9-7-4-5-8(17-7)10(9)12(15)16/h7-10H,2-6H2,1H3,(H,13,14)(H,15,16)/t7-,8+,9?,10?/m1/s1. The summed E-state index contributed by atoms with van der Waals surface area (Å²) in [6.07, 6.45) is 3.05. The van der Waals surface area contributed by atoms with Crippen molar-refractivity contribution in [2.24, 2.45) is 11.8 Å². The fourth-order valence-electron chi connectivity index (χ4n) is 2.83. The highest BCUT2D eigenvalue weighted by Gasteiger charge is 2.55. The smallest absolute Gasteiger partial charge is 0.310 e. The molecule has 0 saturated carbocycles. The Labute approximate surface area is 101 Å². The lowest BCUT2D eigenvalue weighted by molar-refractivity contribution is -0.147. The molecule has 2 heterocycles. The molecule has 1 amide bonds. The van der Waals surface area contributed by atoms with Crippen LogP contribution in [0.3, 0.4) is 0 Å². The van der Waals surface area contributed by atoms with Gasteiger partial charge in [-0.1, -0.05) is 13.3 Å². The number of ether oxygens (including phenoxy) is 1. The van der Waals surface area contributed by atoms with E-state index in [-0.39, 0.29) is 18.1 Å². The summed E-state index contributed by atoms with van der Waals surface area (Å²) >= 11 is 0. The van der Waals surface area contributed by atoms with E-state index in [1.165, 1.54) is 0 Å². The summed E-state index contributed by atoms with van der Waals surface area (Å²) < 4.78 is 5.54. The molecule has 2 fully saturated rings. The zero-order valence-electron chi connectivity index (χ0n) is 10.0. The van der Waals surface area contributed by atoms with Gasteiger partial charge in [0, 0.05) is 6.54 Å². The molecule has 5 heteroatoms. The van der Waals surface area contributed by atoms with E-state index in [0.29, 0.717) is 6.54 Å². The number of hydrogen-bond acceptors (Lipinski definition) is 3. The number of carbonyl (C=O) groups is 2. The Morgan fingerprint density at radius 1 is 1.29 bits per heavy atom. The third-order valence-corrected chi connectivity index (χ3v) is 3.69. The van der Waals surface area contributed by atoms with Gasteiger partial charge in [-0.15, -0.1) is 0 Å². The molecule has 96 valence electrons. The number of unbranched alkanes of at least 4 members (excludes halogenated alkanes) is 1. The SMILES string of the molecule is CCCCNC(=O)C1C(C(=O)O)[C@@H]2CC[C@H]1O2. The van der Waals surface area contributed by atoms with Crippen molar-refractivity contribution in [1.29, 1.82) is 0 Å². The Bertz CT molecular complexity index is 318. The molecular formula is C12H19NO4. The van der Waals surface area contributed by atoms with Crippen LogP contribution in [0.25, 0.3) is 0 Å². The second-order valence-corrected chi connectivity index (χ2v) is 4.82. The Morgan fingerprint density at radius 3 is 2.53 bits per heavy atom. The van der Waals surface area contributed by atoms with Gasteiger partial charge < -0.3 is 15.2 Å². The molecule has 0 spiro atoms. The minimum atomic E-state index is -0.909. The van der Waals surface area contributed by atoms with E-state index in [0.717, 1.165) is 25.7 Å². The minimum Gasteiger partial charge on any atom is -0.481 e. The van der Waals surface area contributed by atoms with Gasteiger partial charge in [0.15, 0.2) is 0 Å². The van der Waals surface area contributed by atoms with E-state index in [1.807, 2.05) is 6.92 Å². The Morgan fingerprint density at radius 2 is 1.94 bits per heavy atom. The summed E-state index contributed by atoms with van der Waals surface area (Å²) in [6, 6.07) is 0. The van der Waals surface area contributed by atoms with Crippen LogP contribution in [0.1, 0.15) is 32.6 Å². The van der Waals surface area contributed by atoms with Crippen molar-refractivity contribution in [3.63, 3.8) is 0 Å². The summed E-state index contributed by atoms with van der Waals surface area (Å²) in [6.45, 7) is 2.67. The van der Waals surface area contributed by atoms with Gasteiger partial charge in [0.05, 0.1) is 24.0 Å². The van der Waals surface area contributed by atoms with Crippen molar-refractivity contribution in [2.45, 2.75) is 44.8 Å². The molecular weight excluding hydrogens is 222 g/mol. The van der Waals surface area contributed by atoms with Gasteiger partial charge >= 0.3 is 5.97 Å². The number of fused-ring (bicyclic) bond motifs is 2. The largest absolute Gasteiger partial charge is 0.481 e. The molecule has 2 unspecified atom stereocenters. The van der Waals surface area contributed by atoms with E-state index in [1.54, 1.807) is 0 Å². The van der Waals surface area contributed by atoms with Crippen LogP contribution in [0.2, 0.25) is 0 Å². The predicted octanol–water partition coefficient (Wildman–Crippen LogP) is 0.781. The van der Waals surface area contributed by atoms with E-state index in [4.69, 9.17) is 9.84 Å². The van der Waals surface area contributed by atoms with Gasteiger partial charge in [0.1, 0.15) is 0 Å². The maximum absolute atomic E-state index is 12.0. The summed E-state index contributed by atoms with van der Waals surface area (Å²) in [7, 11) is 0. The number of nitrogens with one attached hydrogen (secondary N) is 1. The molecule has 4 atom stereocenters. The number of carboxylic acids is 1. The van der Waals surface area contributed by atoms with E-state index in [9.17, 15) is 9.59 Å². The molecule has 0 radical (unpaired) electrons. The maximum atomic E-state index is 12.0. The zero-order valence-corrected chi connectivity index (χ0v) is 10.0. The van der Waals surface area contributed by atoms with E-state index < -0.39 is 17.8 Å². The molecule has 0 aromatic carbocycles. The maximum Gasteiger partial charge on any atom is 0.310 e. The highest BCUT2D eigenvalue weighted by Crippen LogP contribution is 2.43. The first-order valence-corrected chi connectivity index (χ1v) is 6.31. The molecule has 2 aliphatic heterocycles. The Balaban J connectivity index is 1.98. The van der Waals surface area contributed by atoms with Gasteiger partial charge in [0.25, 0.3) is 0 Å². The lowest BCUT2D eigenvalue weighted by atomic mass is 9.78. The average Bonchev–Trinajstić information content (AvgIpc) is 2.88. The number of hydrogen-bond donors (Lipinski definition) is 2. The predicted molar refractivity (Wildman–Crippen MR) is 60.4 cm³/mol. The molecule has 5 nitrogen and oxygen atoms in total. The van der Waals surface area contributed by atoms with Crippen LogP contribution in [0.15, 0.2) is 0 Å². The average molecular weight is 241 g/mol. The van der Waals surface area contributed by atoms with Crippen LogP contribution in [-0.4, -0.2) is 35.7 Å². The zero-order chi connectivity index (χ0) is 12.4. The molecule has 0 aromatic heterocycles. The summed E-state index contributed by atoms with van der Waals surface area (Å²) in [4.78, 5) is 23.1. The van der Waals surface area contributed by atoms with Crippen molar-refractivity contribution in [3.8, 4) is 0 Å². The van der Waals surface area contributed by atoms with Crippen LogP contribution >= 0.6 is 0 Å². The van der Waals surface area contributed by atoms with Gasteiger partial charge in [-0.05, 0) is 19.3 Å². The van der Waals surface area contributed by atoms with Crippen molar-refractivity contribution >= 4 is 11.9 Å². The number of rotatable bonds is 5. The normalized spacial score (nSPS) is 34.9. The molecule has 2 N–H and O–H groups in total. The molecule has 2 aliphatic rings. The number of carbonyl (C=O) groups excluding carboxylic acids is 1. The van der Waals surface area contributed by atoms with Gasteiger partial charge in [0.2, 0.25) is 5.91 Å². The van der Waals surface area contributed by atoms with E-state index in [2.05, 4.69) is 5.32 Å². The lowest BCUT2D eigenvalue weighted by Crippen LogP contribution is -2.44. The van der Waals surface area contributed by atoms with Crippen LogP contribution in [-0.2, 0) is 14.3 Å². The topological polar surface area (TPSA) is 75.6 Å². The Hall–Kier alpha value is -1.10. The molecule has 17 heavy (non-hydrogen) atoms. The van der Waals surface area contributed by atoms with Crippen molar-refractivity contribution in [3.05, 3.63) is 0 Å². The number of aliphatic carboxylic acids is 1. The number of carboxylic acid groups (broad SMARTS) is 1. The molecule has 2 bridgehead atoms. The highest BCUT2D eigenvalue weighted by atomic mass is 16.5. The van der Waals surface area contributed by atoms with Crippen LogP contribution < -0.4 is 5.32 Å². The van der Waals surface area contributed by atoms with Crippen molar-refractivity contribution in [2.75, 3.05) is 6.54 Å². The third-order valence-electron chi connectivity index (χ3n) is 3.69. The second-order valence-electron chi connectivity index (χ2n) is 4.82. The van der Waals surface area contributed by atoms with Crippen molar-refractivity contribution in [1.82, 2.24) is 5.32 Å². The minimum absolute atomic E-state index is 0.155. The van der Waals surface area contributed by atoms with Crippen LogP contribution in [0.5, 0.6) is 0 Å². The molecule has 0 aromatic rings. The van der Waals surface area contributed by atoms with Crippen LogP contribution in [0, 0.1) is 11.8 Å². The first-order valence-electron chi connectivity index (χ1n) is 6.31. The molecule has 2 saturated heterocycles. The molecule has 0 aliphatic carbocycles. The van der Waals surface area contributed by atoms with Crippen LogP contribution in [0.4, 0.5) is 0 Å². The third kappa shape index (κ3) is 2.29. The second kappa shape index (κ2) is 5.04. The number of amides is 1. The fourth-order valence-corrected chi connectivity index (χ4v) is 2.83. The summed E-state index contributed by atoms with van der Waals surface area (Å²) in [5, 5.41) is 12.0. The van der Waals surface area contributed by atoms with Gasteiger partial charge in [-0.25, -0.2) is 0 Å². The summed E-state index contributed by atoms with van der Waals surface area (Å²) in [5.41, 5.74) is 0. The van der Waals surface area contributed by atoms with E-state index >= 15 is 0 Å². The monoisotopic (exact) mass is 241 g/mol. The van der Waals surface area contributed by atoms with Gasteiger partial charge in [-0.3, -0.25) is 9.59 Å². The van der Waals surface area contributed by atoms with Crippen molar-refractivity contribution < 1.29 is 19.4 Å². The lowest BCUT2D eigenvalue weighted by Gasteiger charge is -2.23. The summed E-state index contributed by atoms with van der Waals surface area (Å²) in [5.74, 6) is -2.22. The fraction of sp³-hybridized carbons (Fsp3) is 0.833. The highest BCUT2D eigenvalue weighted by molar-refractivity contribution is 5.86. The quantitative estimate of drug-likeness (QED) is 0.697. The first kappa shape index (κ1) is 12.4.